The molecule has 1 amide bonds. The molecule has 0 aliphatic carbocycles. The smallest absolute Gasteiger partial charge is 0.224 e. The number of rotatable bonds is 5. The molecule has 25 heavy (non-hydrogen) atoms. The monoisotopic (exact) mass is 339 g/mol. The van der Waals surface area contributed by atoms with Crippen LogP contribution in [0.5, 0.6) is 11.5 Å². The van der Waals surface area contributed by atoms with Gasteiger partial charge in [0, 0.05) is 24.1 Å². The van der Waals surface area contributed by atoms with Crippen LogP contribution in [0.2, 0.25) is 0 Å². The third-order valence-electron chi connectivity index (χ3n) is 4.10. The number of Topliss-reactive ketones (excluding diaryl/α,β-unsaturated/α-hetero) is 1. The van der Waals surface area contributed by atoms with E-state index < -0.39 is 0 Å². The number of ether oxygens (including phenoxy) is 2. The second kappa shape index (κ2) is 7.38. The summed E-state index contributed by atoms with van der Waals surface area (Å²) in [6.07, 6.45) is 0.289. The van der Waals surface area contributed by atoms with Gasteiger partial charge in [-0.25, -0.2) is 0 Å². The quantitative estimate of drug-likeness (QED) is 0.844. The molecular formula is C20H21NO4. The number of fused-ring (bicyclic) bond motifs is 1. The molecule has 1 N–H and O–H groups in total. The number of nitrogens with one attached hydrogen (secondary N) is 1. The Morgan fingerprint density at radius 3 is 2.48 bits per heavy atom. The highest BCUT2D eigenvalue weighted by atomic mass is 16.6. The Morgan fingerprint density at radius 1 is 0.960 bits per heavy atom. The zero-order chi connectivity index (χ0) is 17.8. The van der Waals surface area contributed by atoms with E-state index in [0.29, 0.717) is 30.3 Å². The van der Waals surface area contributed by atoms with Gasteiger partial charge >= 0.3 is 0 Å². The van der Waals surface area contributed by atoms with Gasteiger partial charge in [0.1, 0.15) is 13.2 Å². The number of aryl methyl sites for hydroxylation is 2. The molecule has 0 spiro atoms. The van der Waals surface area contributed by atoms with E-state index >= 15 is 0 Å². The maximum Gasteiger partial charge on any atom is 0.224 e. The molecule has 5 heteroatoms. The molecule has 1 aliphatic rings. The molecule has 5 nitrogen and oxygen atoms in total. The lowest BCUT2D eigenvalue weighted by Crippen LogP contribution is -2.16. The Kier molecular flexibility index (Phi) is 5.03. The second-order valence-corrected chi connectivity index (χ2v) is 6.15. The fraction of sp³-hybridized carbons (Fsp3) is 0.300. The van der Waals surface area contributed by atoms with Crippen LogP contribution in [0.3, 0.4) is 0 Å². The number of ketones is 1. The van der Waals surface area contributed by atoms with Crippen LogP contribution in [0.4, 0.5) is 5.69 Å². The normalized spacial score (nSPS) is 12.6. The van der Waals surface area contributed by atoms with Crippen LogP contribution in [0.1, 0.15) is 34.3 Å². The molecule has 0 bridgehead atoms. The van der Waals surface area contributed by atoms with Crippen molar-refractivity contribution in [3.05, 3.63) is 53.1 Å². The maximum absolute atomic E-state index is 12.3. The van der Waals surface area contributed by atoms with E-state index in [9.17, 15) is 9.59 Å². The summed E-state index contributed by atoms with van der Waals surface area (Å²) in [7, 11) is 0. The van der Waals surface area contributed by atoms with E-state index in [4.69, 9.17) is 9.47 Å². The van der Waals surface area contributed by atoms with E-state index in [2.05, 4.69) is 5.32 Å². The van der Waals surface area contributed by atoms with Crippen LogP contribution in [-0.4, -0.2) is 24.9 Å². The Bertz CT molecular complexity index is 813. The Balaban J connectivity index is 1.57. The minimum absolute atomic E-state index is 0.0900. The van der Waals surface area contributed by atoms with Crippen molar-refractivity contribution in [1.82, 2.24) is 0 Å². The molecule has 0 saturated carbocycles. The number of hydrogen-bond donors (Lipinski definition) is 1. The largest absolute Gasteiger partial charge is 0.486 e. The summed E-state index contributed by atoms with van der Waals surface area (Å²) in [5.74, 6) is 0.970. The summed E-state index contributed by atoms with van der Waals surface area (Å²) in [6.45, 7) is 4.94. The molecule has 0 radical (unpaired) electrons. The fourth-order valence-corrected chi connectivity index (χ4v) is 2.75. The summed E-state index contributed by atoms with van der Waals surface area (Å²) in [6, 6.07) is 11.0. The molecule has 0 unspecified atom stereocenters. The van der Waals surface area contributed by atoms with Crippen LogP contribution in [0.15, 0.2) is 36.4 Å². The van der Waals surface area contributed by atoms with Crippen molar-refractivity contribution in [2.45, 2.75) is 26.7 Å². The van der Waals surface area contributed by atoms with E-state index in [1.54, 1.807) is 18.2 Å². The van der Waals surface area contributed by atoms with Gasteiger partial charge in [0.25, 0.3) is 0 Å². The average Bonchev–Trinajstić information content (AvgIpc) is 2.61. The molecule has 1 aliphatic heterocycles. The molecule has 2 aromatic rings. The molecule has 2 aromatic carbocycles. The molecule has 1 heterocycles. The Hall–Kier alpha value is -2.82. The number of benzene rings is 2. The molecule has 0 fully saturated rings. The summed E-state index contributed by atoms with van der Waals surface area (Å²) in [4.78, 5) is 24.4. The van der Waals surface area contributed by atoms with E-state index in [0.717, 1.165) is 16.8 Å². The first-order chi connectivity index (χ1) is 12.0. The molecule has 0 saturated heterocycles. The van der Waals surface area contributed by atoms with Crippen LogP contribution in [-0.2, 0) is 4.79 Å². The van der Waals surface area contributed by atoms with Crippen molar-refractivity contribution in [1.29, 1.82) is 0 Å². The standard InChI is InChI=1S/C20H21NO4/c1-13-3-5-16(14(2)11-13)21-20(23)8-6-17(22)15-4-7-18-19(12-15)25-10-9-24-18/h3-5,7,11-12H,6,8-10H2,1-2H3,(H,21,23). The minimum Gasteiger partial charge on any atom is -0.486 e. The third kappa shape index (κ3) is 4.18. The first-order valence-corrected chi connectivity index (χ1v) is 8.33. The number of anilines is 1. The average molecular weight is 339 g/mol. The Labute approximate surface area is 147 Å². The molecule has 0 aromatic heterocycles. The second-order valence-electron chi connectivity index (χ2n) is 6.15. The van der Waals surface area contributed by atoms with Crippen molar-refractivity contribution in [3.8, 4) is 11.5 Å². The highest BCUT2D eigenvalue weighted by molar-refractivity contribution is 6.00. The molecule has 3 rings (SSSR count). The van der Waals surface area contributed by atoms with Crippen molar-refractivity contribution in [3.63, 3.8) is 0 Å². The van der Waals surface area contributed by atoms with Gasteiger partial charge in [0.2, 0.25) is 5.91 Å². The van der Waals surface area contributed by atoms with Crippen LogP contribution >= 0.6 is 0 Å². The van der Waals surface area contributed by atoms with Gasteiger partial charge < -0.3 is 14.8 Å². The third-order valence-corrected chi connectivity index (χ3v) is 4.10. The van der Waals surface area contributed by atoms with E-state index in [1.807, 2.05) is 32.0 Å². The van der Waals surface area contributed by atoms with Gasteiger partial charge in [0.15, 0.2) is 17.3 Å². The highest BCUT2D eigenvalue weighted by Gasteiger charge is 2.16. The lowest BCUT2D eigenvalue weighted by atomic mass is 10.1. The lowest BCUT2D eigenvalue weighted by Gasteiger charge is -2.18. The predicted octanol–water partition coefficient (Wildman–Crippen LogP) is 3.68. The number of amides is 1. The number of hydrogen-bond acceptors (Lipinski definition) is 4. The van der Waals surface area contributed by atoms with Gasteiger partial charge in [-0.15, -0.1) is 0 Å². The fourth-order valence-electron chi connectivity index (χ4n) is 2.75. The maximum atomic E-state index is 12.3. The SMILES string of the molecule is Cc1ccc(NC(=O)CCC(=O)c2ccc3c(c2)OCCO3)c(C)c1. The lowest BCUT2D eigenvalue weighted by molar-refractivity contribution is -0.116. The predicted molar refractivity (Wildman–Crippen MR) is 95.5 cm³/mol. The summed E-state index contributed by atoms with van der Waals surface area (Å²) in [5.41, 5.74) is 3.46. The van der Waals surface area contributed by atoms with Gasteiger partial charge in [-0.3, -0.25) is 9.59 Å². The number of carbonyl (C=O) groups excluding carboxylic acids is 2. The van der Waals surface area contributed by atoms with Gasteiger partial charge in [-0.2, -0.15) is 0 Å². The first-order valence-electron chi connectivity index (χ1n) is 8.33. The first kappa shape index (κ1) is 17.0. The molecule has 130 valence electrons. The summed E-state index contributed by atoms with van der Waals surface area (Å²) in [5, 5.41) is 2.86. The minimum atomic E-state index is -0.169. The topological polar surface area (TPSA) is 64.6 Å². The zero-order valence-corrected chi connectivity index (χ0v) is 14.4. The van der Waals surface area contributed by atoms with Crippen molar-refractivity contribution >= 4 is 17.4 Å². The van der Waals surface area contributed by atoms with Crippen LogP contribution < -0.4 is 14.8 Å². The van der Waals surface area contributed by atoms with Gasteiger partial charge in [-0.1, -0.05) is 17.7 Å². The highest BCUT2D eigenvalue weighted by Crippen LogP contribution is 2.31. The molecular weight excluding hydrogens is 318 g/mol. The molecule has 0 atom stereocenters. The van der Waals surface area contributed by atoms with Crippen molar-refractivity contribution < 1.29 is 19.1 Å². The summed E-state index contributed by atoms with van der Waals surface area (Å²) >= 11 is 0. The summed E-state index contributed by atoms with van der Waals surface area (Å²) < 4.78 is 10.9. The van der Waals surface area contributed by atoms with Gasteiger partial charge in [-0.05, 0) is 43.7 Å². The Morgan fingerprint density at radius 2 is 1.72 bits per heavy atom. The van der Waals surface area contributed by atoms with Crippen molar-refractivity contribution in [2.75, 3.05) is 18.5 Å². The van der Waals surface area contributed by atoms with E-state index in [-0.39, 0.29) is 24.5 Å². The van der Waals surface area contributed by atoms with E-state index in [1.165, 1.54) is 0 Å². The van der Waals surface area contributed by atoms with Crippen LogP contribution in [0.25, 0.3) is 0 Å². The van der Waals surface area contributed by atoms with Crippen molar-refractivity contribution in [2.24, 2.45) is 0 Å². The zero-order valence-electron chi connectivity index (χ0n) is 14.4. The number of carbonyl (C=O) groups is 2. The van der Waals surface area contributed by atoms with Gasteiger partial charge in [0.05, 0.1) is 0 Å². The van der Waals surface area contributed by atoms with Crippen LogP contribution in [0, 0.1) is 13.8 Å².